The third kappa shape index (κ3) is 2.21. The molecule has 2 nitrogen and oxygen atoms in total. The molecule has 0 unspecified atom stereocenters. The van der Waals surface area contributed by atoms with Crippen LogP contribution in [0, 0.1) is 6.92 Å². The van der Waals surface area contributed by atoms with Gasteiger partial charge in [0.2, 0.25) is 5.78 Å². The summed E-state index contributed by atoms with van der Waals surface area (Å²) in [7, 11) is 0. The Bertz CT molecular complexity index is 484. The van der Waals surface area contributed by atoms with E-state index in [1.165, 1.54) is 0 Å². The number of carbonyl (C=O) groups excluding carboxylic acids is 1. The SMILES string of the molecule is Cc1ccoc1C(=O)Cc1sccc1Br. The maximum atomic E-state index is 11.8. The van der Waals surface area contributed by atoms with Crippen molar-refractivity contribution in [3.63, 3.8) is 0 Å². The van der Waals surface area contributed by atoms with Gasteiger partial charge in [0.25, 0.3) is 0 Å². The van der Waals surface area contributed by atoms with Gasteiger partial charge < -0.3 is 4.42 Å². The summed E-state index contributed by atoms with van der Waals surface area (Å²) in [6.45, 7) is 1.88. The number of furan rings is 1. The van der Waals surface area contributed by atoms with Crippen molar-refractivity contribution in [2.75, 3.05) is 0 Å². The predicted molar refractivity (Wildman–Crippen MR) is 63.5 cm³/mol. The largest absolute Gasteiger partial charge is 0.461 e. The molecule has 0 aliphatic rings. The first-order valence-electron chi connectivity index (χ1n) is 4.47. The van der Waals surface area contributed by atoms with E-state index >= 15 is 0 Å². The zero-order valence-electron chi connectivity index (χ0n) is 8.12. The molecule has 0 saturated heterocycles. The van der Waals surface area contributed by atoms with Crippen LogP contribution < -0.4 is 0 Å². The van der Waals surface area contributed by atoms with E-state index in [0.717, 1.165) is 14.9 Å². The number of ketones is 1. The van der Waals surface area contributed by atoms with Gasteiger partial charge in [0.05, 0.1) is 6.26 Å². The zero-order valence-corrected chi connectivity index (χ0v) is 10.5. The third-order valence-corrected chi connectivity index (χ3v) is 4.05. The monoisotopic (exact) mass is 284 g/mol. The van der Waals surface area contributed by atoms with Gasteiger partial charge in [-0.15, -0.1) is 11.3 Å². The lowest BCUT2D eigenvalue weighted by molar-refractivity contribution is 0.0966. The normalized spacial score (nSPS) is 10.5. The molecule has 0 saturated carbocycles. The Morgan fingerprint density at radius 1 is 1.53 bits per heavy atom. The van der Waals surface area contributed by atoms with Crippen molar-refractivity contribution in [1.82, 2.24) is 0 Å². The highest BCUT2D eigenvalue weighted by Crippen LogP contribution is 2.24. The second-order valence-corrected chi connectivity index (χ2v) is 5.08. The summed E-state index contributed by atoms with van der Waals surface area (Å²) in [6, 6.07) is 3.75. The summed E-state index contributed by atoms with van der Waals surface area (Å²) in [5.74, 6) is 0.496. The Morgan fingerprint density at radius 3 is 2.87 bits per heavy atom. The van der Waals surface area contributed by atoms with E-state index in [0.29, 0.717) is 12.2 Å². The Morgan fingerprint density at radius 2 is 2.33 bits per heavy atom. The molecule has 0 atom stereocenters. The first kappa shape index (κ1) is 10.6. The maximum absolute atomic E-state index is 11.8. The molecule has 0 aromatic carbocycles. The Hall–Kier alpha value is -0.870. The van der Waals surface area contributed by atoms with Crippen LogP contribution in [-0.2, 0) is 6.42 Å². The maximum Gasteiger partial charge on any atom is 0.203 e. The first-order chi connectivity index (χ1) is 7.18. The molecule has 78 valence electrons. The van der Waals surface area contributed by atoms with Crippen LogP contribution in [0.15, 0.2) is 32.7 Å². The van der Waals surface area contributed by atoms with Crippen LogP contribution in [0.1, 0.15) is 21.0 Å². The van der Waals surface area contributed by atoms with Crippen LogP contribution in [0.25, 0.3) is 0 Å². The molecule has 2 heterocycles. The van der Waals surface area contributed by atoms with Gasteiger partial charge >= 0.3 is 0 Å². The van der Waals surface area contributed by atoms with E-state index in [1.54, 1.807) is 23.7 Å². The van der Waals surface area contributed by atoms with Crippen molar-refractivity contribution in [2.24, 2.45) is 0 Å². The van der Waals surface area contributed by atoms with Gasteiger partial charge in [-0.2, -0.15) is 0 Å². The Balaban J connectivity index is 2.18. The lowest BCUT2D eigenvalue weighted by atomic mass is 10.1. The van der Waals surface area contributed by atoms with Crippen LogP contribution in [0.5, 0.6) is 0 Å². The van der Waals surface area contributed by atoms with Gasteiger partial charge in [0, 0.05) is 15.8 Å². The van der Waals surface area contributed by atoms with Crippen LogP contribution in [-0.4, -0.2) is 5.78 Å². The van der Waals surface area contributed by atoms with E-state index in [-0.39, 0.29) is 5.78 Å². The molecule has 2 aromatic heterocycles. The first-order valence-corrected chi connectivity index (χ1v) is 6.15. The smallest absolute Gasteiger partial charge is 0.203 e. The minimum absolute atomic E-state index is 0.0284. The van der Waals surface area contributed by atoms with Crippen molar-refractivity contribution < 1.29 is 9.21 Å². The Kier molecular flexibility index (Phi) is 3.07. The molecule has 0 radical (unpaired) electrons. The second-order valence-electron chi connectivity index (χ2n) is 3.22. The molecular weight excluding hydrogens is 276 g/mol. The van der Waals surface area contributed by atoms with Crippen molar-refractivity contribution >= 4 is 33.0 Å². The number of Topliss-reactive ketones (excluding diaryl/α,β-unsaturated/α-hetero) is 1. The topological polar surface area (TPSA) is 30.2 Å². The highest BCUT2D eigenvalue weighted by Gasteiger charge is 2.15. The molecule has 0 aliphatic carbocycles. The molecule has 0 N–H and O–H groups in total. The van der Waals surface area contributed by atoms with Gasteiger partial charge in [-0.05, 0) is 45.9 Å². The summed E-state index contributed by atoms with van der Waals surface area (Å²) in [4.78, 5) is 12.9. The van der Waals surface area contributed by atoms with Crippen LogP contribution in [0.3, 0.4) is 0 Å². The molecule has 2 aromatic rings. The van der Waals surface area contributed by atoms with Crippen molar-refractivity contribution in [3.05, 3.63) is 44.4 Å². The fourth-order valence-electron chi connectivity index (χ4n) is 1.34. The summed E-state index contributed by atoms with van der Waals surface area (Å²) >= 11 is 4.98. The molecule has 0 bridgehead atoms. The summed E-state index contributed by atoms with van der Waals surface area (Å²) in [5.41, 5.74) is 0.896. The quantitative estimate of drug-likeness (QED) is 0.802. The fourth-order valence-corrected chi connectivity index (χ4v) is 2.83. The van der Waals surface area contributed by atoms with E-state index in [9.17, 15) is 4.79 Å². The number of aryl methyl sites for hydroxylation is 1. The molecule has 0 fully saturated rings. The molecule has 0 aliphatic heterocycles. The molecule has 15 heavy (non-hydrogen) atoms. The fraction of sp³-hybridized carbons (Fsp3) is 0.182. The van der Waals surface area contributed by atoms with E-state index in [4.69, 9.17) is 4.42 Å². The molecule has 0 amide bonds. The Labute approximate surface area is 100 Å². The highest BCUT2D eigenvalue weighted by molar-refractivity contribution is 9.10. The highest BCUT2D eigenvalue weighted by atomic mass is 79.9. The van der Waals surface area contributed by atoms with E-state index < -0.39 is 0 Å². The van der Waals surface area contributed by atoms with Gasteiger partial charge in [-0.3, -0.25) is 4.79 Å². The minimum Gasteiger partial charge on any atom is -0.461 e. The number of rotatable bonds is 3. The lowest BCUT2D eigenvalue weighted by Crippen LogP contribution is -2.02. The van der Waals surface area contributed by atoms with Crippen LogP contribution in [0.4, 0.5) is 0 Å². The van der Waals surface area contributed by atoms with Gasteiger partial charge in [0.1, 0.15) is 0 Å². The van der Waals surface area contributed by atoms with Crippen molar-refractivity contribution in [1.29, 1.82) is 0 Å². The number of carbonyl (C=O) groups is 1. The van der Waals surface area contributed by atoms with Crippen LogP contribution >= 0.6 is 27.3 Å². The molecule has 4 heteroatoms. The summed E-state index contributed by atoms with van der Waals surface area (Å²) in [5, 5.41) is 1.96. The van der Waals surface area contributed by atoms with Crippen LogP contribution in [0.2, 0.25) is 0 Å². The number of thiophene rings is 1. The van der Waals surface area contributed by atoms with Crippen molar-refractivity contribution in [2.45, 2.75) is 13.3 Å². The van der Waals surface area contributed by atoms with Gasteiger partial charge in [-0.25, -0.2) is 0 Å². The number of hydrogen-bond acceptors (Lipinski definition) is 3. The minimum atomic E-state index is 0.0284. The zero-order chi connectivity index (χ0) is 10.8. The standard InChI is InChI=1S/C11H9BrO2S/c1-7-2-4-14-11(7)9(13)6-10-8(12)3-5-15-10/h2-5H,6H2,1H3. The van der Waals surface area contributed by atoms with E-state index in [2.05, 4.69) is 15.9 Å². The van der Waals surface area contributed by atoms with Gasteiger partial charge in [-0.1, -0.05) is 0 Å². The molecular formula is C11H9BrO2S. The number of hydrogen-bond donors (Lipinski definition) is 0. The number of halogens is 1. The summed E-state index contributed by atoms with van der Waals surface area (Å²) < 4.78 is 6.15. The average Bonchev–Trinajstić information content (AvgIpc) is 2.76. The average molecular weight is 285 g/mol. The molecule has 0 spiro atoms. The summed E-state index contributed by atoms with van der Waals surface area (Å²) in [6.07, 6.45) is 1.94. The third-order valence-electron chi connectivity index (χ3n) is 2.13. The predicted octanol–water partition coefficient (Wildman–Crippen LogP) is 3.84. The molecule has 2 rings (SSSR count). The van der Waals surface area contributed by atoms with Crippen molar-refractivity contribution in [3.8, 4) is 0 Å². The lowest BCUT2D eigenvalue weighted by Gasteiger charge is -1.97. The van der Waals surface area contributed by atoms with E-state index in [1.807, 2.05) is 18.4 Å². The second kappa shape index (κ2) is 4.33. The van der Waals surface area contributed by atoms with Gasteiger partial charge in [0.15, 0.2) is 5.76 Å².